The molecule has 0 aliphatic heterocycles. The highest BCUT2D eigenvalue weighted by molar-refractivity contribution is 7.13. The number of rotatable bonds is 2. The standard InChI is InChI=1S/C12H9N3S.C7H8.CH4O/c1-2-4-10-9(3-1)5-6-11(14-10)15-12-13-7-8-16-12;1-7-5-3-2-4-6-7;1-2/h1-8H,(H,13,14,15);2-6H,1H3;2H,1H3. The number of aliphatic hydroxyl groups is 1. The molecule has 4 rings (SSSR count). The molecule has 2 aromatic heterocycles. The number of para-hydroxylation sites is 1. The number of aryl methyl sites for hydroxylation is 1. The Labute approximate surface area is 151 Å². The van der Waals surface area contributed by atoms with Crippen LogP contribution in [0.25, 0.3) is 10.9 Å². The van der Waals surface area contributed by atoms with E-state index in [0.29, 0.717) is 0 Å². The summed E-state index contributed by atoms with van der Waals surface area (Å²) in [4.78, 5) is 8.66. The Bertz CT molecular complexity index is 864. The van der Waals surface area contributed by atoms with Gasteiger partial charge < -0.3 is 10.4 Å². The predicted molar refractivity (Wildman–Crippen MR) is 106 cm³/mol. The van der Waals surface area contributed by atoms with E-state index < -0.39 is 0 Å². The minimum atomic E-state index is 0.827. The number of thiazole rings is 1. The number of hydrogen-bond acceptors (Lipinski definition) is 5. The van der Waals surface area contributed by atoms with Gasteiger partial charge in [-0.3, -0.25) is 0 Å². The fraction of sp³-hybridized carbons (Fsp3) is 0.100. The van der Waals surface area contributed by atoms with E-state index in [0.717, 1.165) is 29.0 Å². The summed E-state index contributed by atoms with van der Waals surface area (Å²) in [7, 11) is 1.00. The zero-order valence-corrected chi connectivity index (χ0v) is 15.1. The van der Waals surface area contributed by atoms with Gasteiger partial charge in [-0.05, 0) is 25.1 Å². The smallest absolute Gasteiger partial charge is 0.188 e. The summed E-state index contributed by atoms with van der Waals surface area (Å²) in [6, 6.07) is 22.3. The largest absolute Gasteiger partial charge is 0.400 e. The number of anilines is 2. The molecule has 0 spiro atoms. The lowest BCUT2D eigenvalue weighted by atomic mass is 10.2. The lowest BCUT2D eigenvalue weighted by molar-refractivity contribution is 0.399. The number of nitrogens with zero attached hydrogens (tertiary/aromatic N) is 2. The molecular formula is C20H21N3OS. The van der Waals surface area contributed by atoms with Crippen LogP contribution in [0.2, 0.25) is 0 Å². The van der Waals surface area contributed by atoms with Crippen molar-refractivity contribution in [2.24, 2.45) is 0 Å². The Kier molecular flexibility index (Phi) is 7.56. The molecule has 2 aromatic carbocycles. The molecule has 0 saturated carbocycles. The van der Waals surface area contributed by atoms with Gasteiger partial charge in [-0.15, -0.1) is 11.3 Å². The molecule has 0 aliphatic carbocycles. The van der Waals surface area contributed by atoms with Crippen molar-refractivity contribution in [3.05, 3.63) is 83.9 Å². The number of hydrogen-bond donors (Lipinski definition) is 2. The molecule has 0 amide bonds. The minimum Gasteiger partial charge on any atom is -0.400 e. The van der Waals surface area contributed by atoms with Gasteiger partial charge >= 0.3 is 0 Å². The van der Waals surface area contributed by atoms with Crippen molar-refractivity contribution in [2.45, 2.75) is 6.92 Å². The molecule has 0 bridgehead atoms. The number of aliphatic hydroxyl groups excluding tert-OH is 1. The van der Waals surface area contributed by atoms with Crippen LogP contribution in [0.1, 0.15) is 5.56 Å². The van der Waals surface area contributed by atoms with Crippen LogP contribution in [-0.2, 0) is 0 Å². The Hall–Kier alpha value is -2.76. The van der Waals surface area contributed by atoms with Gasteiger partial charge in [0, 0.05) is 24.1 Å². The molecule has 0 aliphatic rings. The van der Waals surface area contributed by atoms with E-state index in [2.05, 4.69) is 46.5 Å². The second-order valence-corrected chi connectivity index (χ2v) is 5.90. The van der Waals surface area contributed by atoms with E-state index in [1.54, 1.807) is 17.5 Å². The summed E-state index contributed by atoms with van der Waals surface area (Å²) in [5.74, 6) is 0.827. The van der Waals surface area contributed by atoms with Crippen LogP contribution in [0.15, 0.2) is 78.3 Å². The lowest BCUT2D eigenvalue weighted by Gasteiger charge is -2.02. The molecule has 0 fully saturated rings. The van der Waals surface area contributed by atoms with E-state index in [1.165, 1.54) is 5.56 Å². The van der Waals surface area contributed by atoms with E-state index in [9.17, 15) is 0 Å². The van der Waals surface area contributed by atoms with Crippen molar-refractivity contribution in [3.8, 4) is 0 Å². The highest BCUT2D eigenvalue weighted by atomic mass is 32.1. The van der Waals surface area contributed by atoms with Gasteiger partial charge in [-0.2, -0.15) is 0 Å². The lowest BCUT2D eigenvalue weighted by Crippen LogP contribution is -1.92. The second kappa shape index (κ2) is 10.2. The first kappa shape index (κ1) is 18.6. The topological polar surface area (TPSA) is 58.0 Å². The van der Waals surface area contributed by atoms with Gasteiger partial charge in [0.25, 0.3) is 0 Å². The molecule has 25 heavy (non-hydrogen) atoms. The van der Waals surface area contributed by atoms with E-state index >= 15 is 0 Å². The first-order valence-electron chi connectivity index (χ1n) is 7.80. The van der Waals surface area contributed by atoms with Crippen molar-refractivity contribution in [3.63, 3.8) is 0 Å². The molecule has 2 N–H and O–H groups in total. The zero-order chi connectivity index (χ0) is 17.9. The van der Waals surface area contributed by atoms with E-state index in [4.69, 9.17) is 5.11 Å². The van der Waals surface area contributed by atoms with Crippen molar-refractivity contribution in [1.29, 1.82) is 0 Å². The maximum absolute atomic E-state index is 7.00. The third kappa shape index (κ3) is 5.99. The van der Waals surface area contributed by atoms with Crippen LogP contribution in [0, 0.1) is 6.92 Å². The molecule has 5 heteroatoms. The summed E-state index contributed by atoms with van der Waals surface area (Å²) >= 11 is 1.56. The summed E-state index contributed by atoms with van der Waals surface area (Å²) in [5.41, 5.74) is 2.31. The van der Waals surface area contributed by atoms with Crippen molar-refractivity contribution >= 4 is 33.2 Å². The van der Waals surface area contributed by atoms with Crippen LogP contribution in [0.3, 0.4) is 0 Å². The fourth-order valence-electron chi connectivity index (χ4n) is 2.06. The Balaban J connectivity index is 0.000000211. The highest BCUT2D eigenvalue weighted by Gasteiger charge is 1.99. The third-order valence-corrected chi connectivity index (χ3v) is 3.89. The summed E-state index contributed by atoms with van der Waals surface area (Å²) in [6.45, 7) is 2.08. The molecule has 2 heterocycles. The van der Waals surface area contributed by atoms with E-state index in [1.807, 2.05) is 47.8 Å². The first-order chi connectivity index (χ1) is 12.3. The molecule has 0 radical (unpaired) electrons. The summed E-state index contributed by atoms with van der Waals surface area (Å²) < 4.78 is 0. The van der Waals surface area contributed by atoms with Crippen LogP contribution < -0.4 is 5.32 Å². The van der Waals surface area contributed by atoms with Gasteiger partial charge in [0.2, 0.25) is 0 Å². The van der Waals surface area contributed by atoms with Crippen molar-refractivity contribution < 1.29 is 5.11 Å². The van der Waals surface area contributed by atoms with Crippen molar-refractivity contribution in [2.75, 3.05) is 12.4 Å². The average Bonchev–Trinajstić information content (AvgIpc) is 3.17. The summed E-state index contributed by atoms with van der Waals surface area (Å²) in [5, 5.41) is 14.1. The van der Waals surface area contributed by atoms with Gasteiger partial charge in [0.15, 0.2) is 5.13 Å². The molecule has 4 nitrogen and oxygen atoms in total. The number of fused-ring (bicyclic) bond motifs is 1. The molecule has 4 aromatic rings. The number of pyridine rings is 1. The number of benzene rings is 2. The minimum absolute atomic E-state index is 0.827. The van der Waals surface area contributed by atoms with Gasteiger partial charge in [0.05, 0.1) is 5.52 Å². The molecule has 0 unspecified atom stereocenters. The Morgan fingerprint density at radius 2 is 1.60 bits per heavy atom. The van der Waals surface area contributed by atoms with Crippen LogP contribution in [-0.4, -0.2) is 22.2 Å². The number of nitrogens with one attached hydrogen (secondary N) is 1. The quantitative estimate of drug-likeness (QED) is 0.531. The second-order valence-electron chi connectivity index (χ2n) is 5.01. The zero-order valence-electron chi connectivity index (χ0n) is 14.3. The van der Waals surface area contributed by atoms with Gasteiger partial charge in [-0.25, -0.2) is 9.97 Å². The molecular weight excluding hydrogens is 330 g/mol. The first-order valence-corrected chi connectivity index (χ1v) is 8.68. The van der Waals surface area contributed by atoms with Crippen LogP contribution >= 0.6 is 11.3 Å². The normalized spacial score (nSPS) is 9.40. The third-order valence-electron chi connectivity index (χ3n) is 3.21. The average molecular weight is 351 g/mol. The van der Waals surface area contributed by atoms with Crippen molar-refractivity contribution in [1.82, 2.24) is 9.97 Å². The van der Waals surface area contributed by atoms with Crippen LogP contribution in [0.5, 0.6) is 0 Å². The van der Waals surface area contributed by atoms with Crippen LogP contribution in [0.4, 0.5) is 10.9 Å². The van der Waals surface area contributed by atoms with Gasteiger partial charge in [0.1, 0.15) is 5.82 Å². The molecule has 0 atom stereocenters. The number of aromatic nitrogens is 2. The Morgan fingerprint density at radius 1 is 0.880 bits per heavy atom. The SMILES string of the molecule is CO.Cc1ccccc1.c1ccc2nc(Nc3nccs3)ccc2c1. The fourth-order valence-corrected chi connectivity index (χ4v) is 2.60. The summed E-state index contributed by atoms with van der Waals surface area (Å²) in [6.07, 6.45) is 1.77. The highest BCUT2D eigenvalue weighted by Crippen LogP contribution is 2.19. The Morgan fingerprint density at radius 3 is 2.24 bits per heavy atom. The molecule has 128 valence electrons. The van der Waals surface area contributed by atoms with E-state index in [-0.39, 0.29) is 0 Å². The maximum Gasteiger partial charge on any atom is 0.188 e. The molecule has 0 saturated heterocycles. The van der Waals surface area contributed by atoms with Gasteiger partial charge in [-0.1, -0.05) is 54.1 Å². The monoisotopic (exact) mass is 351 g/mol. The predicted octanol–water partition coefficient (Wildman–Crippen LogP) is 5.04. The maximum atomic E-state index is 7.00.